The molecule has 3 aromatic rings. The molecule has 2 fully saturated rings. The highest BCUT2D eigenvalue weighted by Gasteiger charge is 2.43. The van der Waals surface area contributed by atoms with Crippen LogP contribution in [-0.2, 0) is 18.3 Å². The van der Waals surface area contributed by atoms with Crippen LogP contribution in [0.1, 0.15) is 31.2 Å². The molecule has 2 aliphatic rings. The lowest BCUT2D eigenvalue weighted by atomic mass is 9.88. The van der Waals surface area contributed by atoms with E-state index in [1.165, 1.54) is 18.6 Å². The number of nitrogens with one attached hydrogen (secondary N) is 1. The van der Waals surface area contributed by atoms with Crippen LogP contribution < -0.4 is 10.9 Å². The topological polar surface area (TPSA) is 74.9 Å². The fourth-order valence-electron chi connectivity index (χ4n) is 5.65. The molecule has 5 rings (SSSR count). The van der Waals surface area contributed by atoms with Gasteiger partial charge in [-0.3, -0.25) is 9.59 Å². The molecule has 1 amide bonds. The Morgan fingerprint density at radius 2 is 2.03 bits per heavy atom. The lowest BCUT2D eigenvalue weighted by Crippen LogP contribution is -2.41. The molecule has 2 saturated carbocycles. The normalized spacial score (nSPS) is 23.2. The highest BCUT2D eigenvalue weighted by atomic mass is 19.1. The molecule has 31 heavy (non-hydrogen) atoms. The van der Waals surface area contributed by atoms with E-state index in [0.29, 0.717) is 22.6 Å². The average molecular weight is 417 g/mol. The molecular weight excluding hydrogens is 393 g/mol. The van der Waals surface area contributed by atoms with E-state index in [2.05, 4.69) is 11.4 Å². The quantitative estimate of drug-likeness (QED) is 0.656. The standard InChI is InChI=1S/C25H24FN3O2/c1-29-23-5-3-2-4-18(23)20-12-22(26)16(11-21(20)25(29)31)10-17(13-27)28-24(30)19-9-14-6-7-15(19)8-14/h2-5,11-12,14-15,17,19H,6-10H2,1H3,(H,28,30)/t14-,15+,17+,19+/m1/s1. The summed E-state index contributed by atoms with van der Waals surface area (Å²) in [5.41, 5.74) is 0.786. The summed E-state index contributed by atoms with van der Waals surface area (Å²) >= 11 is 0. The molecule has 1 N–H and O–H groups in total. The number of hydrogen-bond donors (Lipinski definition) is 1. The maximum Gasteiger partial charge on any atom is 0.258 e. The highest BCUT2D eigenvalue weighted by molar-refractivity contribution is 6.05. The van der Waals surface area contributed by atoms with Crippen molar-refractivity contribution < 1.29 is 9.18 Å². The third-order valence-electron chi connectivity index (χ3n) is 7.25. The molecule has 0 spiro atoms. The van der Waals surface area contributed by atoms with Gasteiger partial charge in [-0.25, -0.2) is 4.39 Å². The van der Waals surface area contributed by atoms with E-state index in [1.54, 1.807) is 11.6 Å². The number of aryl methyl sites for hydroxylation is 1. The lowest BCUT2D eigenvalue weighted by molar-refractivity contribution is -0.126. The summed E-state index contributed by atoms with van der Waals surface area (Å²) in [5.74, 6) is 0.445. The second kappa shape index (κ2) is 7.49. The van der Waals surface area contributed by atoms with Gasteiger partial charge in [0.2, 0.25) is 5.91 Å². The number of nitrogens with zero attached hydrogens (tertiary/aromatic N) is 2. The second-order valence-corrected chi connectivity index (χ2v) is 9.05. The molecule has 2 aliphatic carbocycles. The zero-order valence-electron chi connectivity index (χ0n) is 17.4. The van der Waals surface area contributed by atoms with Crippen LogP contribution in [0.4, 0.5) is 4.39 Å². The van der Waals surface area contributed by atoms with Crippen molar-refractivity contribution in [3.05, 3.63) is 58.1 Å². The van der Waals surface area contributed by atoms with Gasteiger partial charge in [0.15, 0.2) is 0 Å². The van der Waals surface area contributed by atoms with Crippen LogP contribution >= 0.6 is 0 Å². The Morgan fingerprint density at radius 1 is 1.23 bits per heavy atom. The minimum atomic E-state index is -0.831. The number of benzene rings is 2. The Morgan fingerprint density at radius 3 is 2.74 bits per heavy atom. The predicted molar refractivity (Wildman–Crippen MR) is 117 cm³/mol. The van der Waals surface area contributed by atoms with E-state index < -0.39 is 11.9 Å². The minimum absolute atomic E-state index is 0.0286. The molecule has 0 radical (unpaired) electrons. The molecule has 0 saturated heterocycles. The van der Waals surface area contributed by atoms with Crippen LogP contribution in [0.5, 0.6) is 0 Å². The van der Waals surface area contributed by atoms with Crippen LogP contribution in [0.15, 0.2) is 41.2 Å². The first-order valence-electron chi connectivity index (χ1n) is 10.9. The number of carbonyl (C=O) groups is 1. The lowest BCUT2D eigenvalue weighted by Gasteiger charge is -2.22. The summed E-state index contributed by atoms with van der Waals surface area (Å²) in [5, 5.41) is 14.2. The zero-order valence-corrected chi connectivity index (χ0v) is 17.4. The molecule has 5 nitrogen and oxygen atoms in total. The van der Waals surface area contributed by atoms with Crippen LogP contribution in [0.2, 0.25) is 0 Å². The Hall–Kier alpha value is -3.20. The maximum atomic E-state index is 15.0. The fraction of sp³-hybridized carbons (Fsp3) is 0.400. The van der Waals surface area contributed by atoms with Gasteiger partial charge in [-0.1, -0.05) is 24.6 Å². The third-order valence-corrected chi connectivity index (χ3v) is 7.25. The Labute approximate surface area is 179 Å². The Balaban J connectivity index is 1.45. The molecule has 0 unspecified atom stereocenters. The van der Waals surface area contributed by atoms with Gasteiger partial charge >= 0.3 is 0 Å². The third kappa shape index (κ3) is 3.29. The number of rotatable bonds is 4. The zero-order chi connectivity index (χ0) is 21.7. The molecular formula is C25H24FN3O2. The molecule has 158 valence electrons. The van der Waals surface area contributed by atoms with Gasteiger partial charge in [0.1, 0.15) is 11.9 Å². The van der Waals surface area contributed by atoms with E-state index in [1.807, 2.05) is 24.3 Å². The number of nitriles is 1. The summed E-state index contributed by atoms with van der Waals surface area (Å²) in [6, 6.07) is 11.6. The summed E-state index contributed by atoms with van der Waals surface area (Å²) < 4.78 is 16.6. The first kappa shape index (κ1) is 19.7. The van der Waals surface area contributed by atoms with Gasteiger partial charge in [-0.05, 0) is 60.2 Å². The van der Waals surface area contributed by atoms with Crippen molar-refractivity contribution in [2.75, 3.05) is 0 Å². The van der Waals surface area contributed by atoms with Crippen molar-refractivity contribution in [1.29, 1.82) is 5.26 Å². The smallest absolute Gasteiger partial charge is 0.258 e. The van der Waals surface area contributed by atoms with E-state index in [4.69, 9.17) is 0 Å². The summed E-state index contributed by atoms with van der Waals surface area (Å²) in [6.07, 6.45) is 4.30. The predicted octanol–water partition coefficient (Wildman–Crippen LogP) is 3.82. The number of hydrogen-bond acceptors (Lipinski definition) is 3. The maximum absolute atomic E-state index is 15.0. The molecule has 1 aromatic heterocycles. The van der Waals surface area contributed by atoms with Crippen molar-refractivity contribution in [2.24, 2.45) is 24.8 Å². The van der Waals surface area contributed by atoms with Gasteiger partial charge < -0.3 is 9.88 Å². The fourth-order valence-corrected chi connectivity index (χ4v) is 5.65. The molecule has 6 heteroatoms. The number of halogens is 1. The van der Waals surface area contributed by atoms with Gasteiger partial charge in [-0.15, -0.1) is 0 Å². The van der Waals surface area contributed by atoms with E-state index >= 15 is 4.39 Å². The summed E-state index contributed by atoms with van der Waals surface area (Å²) in [6.45, 7) is 0. The number of amides is 1. The monoisotopic (exact) mass is 417 g/mol. The van der Waals surface area contributed by atoms with Gasteiger partial charge in [-0.2, -0.15) is 5.26 Å². The van der Waals surface area contributed by atoms with Gasteiger partial charge in [0, 0.05) is 30.2 Å². The molecule has 1 heterocycles. The van der Waals surface area contributed by atoms with E-state index in [0.717, 1.165) is 30.2 Å². The SMILES string of the molecule is Cn1c(=O)c2cc(C[C@@H](C#N)NC(=O)[C@H]3C[C@@H]4CC[C@H]3C4)c(F)cc2c2ccccc21. The number of carbonyl (C=O) groups excluding carboxylic acids is 1. The minimum Gasteiger partial charge on any atom is -0.340 e. The number of fused-ring (bicyclic) bond motifs is 5. The van der Waals surface area contributed by atoms with Crippen LogP contribution in [0.25, 0.3) is 21.7 Å². The van der Waals surface area contributed by atoms with Crippen molar-refractivity contribution in [3.8, 4) is 6.07 Å². The summed E-state index contributed by atoms with van der Waals surface area (Å²) in [4.78, 5) is 25.6. The highest BCUT2D eigenvalue weighted by Crippen LogP contribution is 2.48. The van der Waals surface area contributed by atoms with Crippen LogP contribution in [0.3, 0.4) is 0 Å². The molecule has 2 bridgehead atoms. The van der Waals surface area contributed by atoms with Crippen LogP contribution in [-0.4, -0.2) is 16.5 Å². The van der Waals surface area contributed by atoms with Crippen molar-refractivity contribution >= 4 is 27.6 Å². The Kier molecular flexibility index (Phi) is 4.77. The van der Waals surface area contributed by atoms with E-state index in [-0.39, 0.29) is 29.4 Å². The molecule has 2 aromatic carbocycles. The van der Waals surface area contributed by atoms with E-state index in [9.17, 15) is 14.9 Å². The second-order valence-electron chi connectivity index (χ2n) is 9.05. The summed E-state index contributed by atoms with van der Waals surface area (Å²) in [7, 11) is 1.70. The van der Waals surface area contributed by atoms with Crippen molar-refractivity contribution in [3.63, 3.8) is 0 Å². The first-order valence-corrected chi connectivity index (χ1v) is 10.9. The van der Waals surface area contributed by atoms with Crippen molar-refractivity contribution in [1.82, 2.24) is 9.88 Å². The first-order chi connectivity index (χ1) is 15.0. The number of pyridine rings is 1. The molecule has 0 aliphatic heterocycles. The number of para-hydroxylation sites is 1. The van der Waals surface area contributed by atoms with Crippen LogP contribution in [0, 0.1) is 34.9 Å². The van der Waals surface area contributed by atoms with Gasteiger partial charge in [0.25, 0.3) is 5.56 Å². The number of aromatic nitrogens is 1. The Bertz CT molecular complexity index is 1310. The largest absolute Gasteiger partial charge is 0.340 e. The molecule has 4 atom stereocenters. The van der Waals surface area contributed by atoms with Gasteiger partial charge in [0.05, 0.1) is 11.6 Å². The van der Waals surface area contributed by atoms with Crippen molar-refractivity contribution in [2.45, 2.75) is 38.1 Å². The average Bonchev–Trinajstić information content (AvgIpc) is 3.41.